The van der Waals surface area contributed by atoms with Crippen LogP contribution < -0.4 is 15.4 Å². The van der Waals surface area contributed by atoms with Crippen LogP contribution in [0.5, 0.6) is 11.6 Å². The molecular formula is C16H16N6O. The second-order valence-electron chi connectivity index (χ2n) is 5.01. The van der Waals surface area contributed by atoms with E-state index in [1.54, 1.807) is 0 Å². The minimum Gasteiger partial charge on any atom is -0.437 e. The third-order valence-corrected chi connectivity index (χ3v) is 3.06. The molecule has 1 aromatic carbocycles. The minimum atomic E-state index is -0.00222. The maximum absolute atomic E-state index is 8.86. The van der Waals surface area contributed by atoms with Crippen molar-refractivity contribution in [2.75, 3.05) is 23.7 Å². The molecule has 0 saturated carbocycles. The topological polar surface area (TPSA) is 112 Å². The Kier molecular flexibility index (Phi) is 4.96. The Morgan fingerprint density at radius 1 is 1.09 bits per heavy atom. The summed E-state index contributed by atoms with van der Waals surface area (Å²) in [6, 6.07) is 9.73. The fourth-order valence-electron chi connectivity index (χ4n) is 2.18. The maximum atomic E-state index is 8.86. The summed E-state index contributed by atoms with van der Waals surface area (Å²) in [6.45, 7) is 3.93. The Morgan fingerprint density at radius 2 is 1.70 bits per heavy atom. The summed E-state index contributed by atoms with van der Waals surface area (Å²) in [5.41, 5.74) is 8.37. The largest absolute Gasteiger partial charge is 0.437 e. The van der Waals surface area contributed by atoms with Gasteiger partial charge in [0.15, 0.2) is 5.82 Å². The lowest BCUT2D eigenvalue weighted by Crippen LogP contribution is -2.26. The molecule has 7 heteroatoms. The van der Waals surface area contributed by atoms with Crippen molar-refractivity contribution in [3.05, 3.63) is 35.7 Å². The molecule has 0 radical (unpaired) electrons. The highest BCUT2D eigenvalue weighted by Crippen LogP contribution is 2.31. The van der Waals surface area contributed by atoms with Gasteiger partial charge in [-0.1, -0.05) is 6.07 Å². The molecule has 0 spiro atoms. The van der Waals surface area contributed by atoms with Crippen LogP contribution in [0.15, 0.2) is 24.5 Å². The number of ether oxygens (including phenoxy) is 1. The highest BCUT2D eigenvalue weighted by Gasteiger charge is 2.16. The Morgan fingerprint density at radius 3 is 2.26 bits per heavy atom. The van der Waals surface area contributed by atoms with Crippen molar-refractivity contribution >= 4 is 11.5 Å². The van der Waals surface area contributed by atoms with Crippen LogP contribution in [0.4, 0.5) is 11.5 Å². The van der Waals surface area contributed by atoms with E-state index in [1.165, 1.54) is 11.2 Å². The van der Waals surface area contributed by atoms with Gasteiger partial charge < -0.3 is 15.4 Å². The standard InChI is InChI=1S/C16H16N6O/c1-11-7-12(2)9-13(8-11)23-16-14(19)15(20-10-21-16)22(5-3-17)6-4-18/h7-10H,5-6,19H2,1-2H3. The molecule has 23 heavy (non-hydrogen) atoms. The van der Waals surface area contributed by atoms with Crippen LogP contribution in [0.2, 0.25) is 0 Å². The van der Waals surface area contributed by atoms with Crippen molar-refractivity contribution in [3.8, 4) is 23.8 Å². The first-order chi connectivity index (χ1) is 11.0. The smallest absolute Gasteiger partial charge is 0.248 e. The van der Waals surface area contributed by atoms with E-state index < -0.39 is 0 Å². The molecule has 0 aliphatic heterocycles. The Bertz CT molecular complexity index is 754. The van der Waals surface area contributed by atoms with Gasteiger partial charge in [-0.3, -0.25) is 0 Å². The van der Waals surface area contributed by atoms with Gasteiger partial charge in [-0.05, 0) is 37.1 Å². The van der Waals surface area contributed by atoms with Crippen LogP contribution in [-0.4, -0.2) is 23.1 Å². The van der Waals surface area contributed by atoms with Crippen LogP contribution in [0.1, 0.15) is 11.1 Å². The number of rotatable bonds is 5. The first-order valence-electron chi connectivity index (χ1n) is 6.90. The minimum absolute atomic E-state index is 0.00222. The monoisotopic (exact) mass is 308 g/mol. The van der Waals surface area contributed by atoms with Crippen molar-refractivity contribution in [2.24, 2.45) is 0 Å². The van der Waals surface area contributed by atoms with Crippen LogP contribution in [-0.2, 0) is 0 Å². The Labute approximate surface area is 134 Å². The highest BCUT2D eigenvalue weighted by atomic mass is 16.5. The molecule has 0 fully saturated rings. The van der Waals surface area contributed by atoms with Gasteiger partial charge in [-0.2, -0.15) is 15.5 Å². The van der Waals surface area contributed by atoms with Crippen molar-refractivity contribution in [1.82, 2.24) is 9.97 Å². The van der Waals surface area contributed by atoms with Gasteiger partial charge in [0, 0.05) is 0 Å². The number of hydrogen-bond acceptors (Lipinski definition) is 7. The predicted molar refractivity (Wildman–Crippen MR) is 85.9 cm³/mol. The van der Waals surface area contributed by atoms with Gasteiger partial charge in [0.2, 0.25) is 5.88 Å². The fraction of sp³-hybridized carbons (Fsp3) is 0.250. The van der Waals surface area contributed by atoms with E-state index in [0.29, 0.717) is 11.6 Å². The molecule has 2 N–H and O–H groups in total. The number of aryl methyl sites for hydroxylation is 2. The molecule has 0 atom stereocenters. The maximum Gasteiger partial charge on any atom is 0.248 e. The van der Waals surface area contributed by atoms with Crippen molar-refractivity contribution in [3.63, 3.8) is 0 Å². The molecule has 0 amide bonds. The quantitative estimate of drug-likeness (QED) is 0.843. The molecule has 0 aliphatic rings. The predicted octanol–water partition coefficient (Wildman–Crippen LogP) is 2.32. The molecule has 7 nitrogen and oxygen atoms in total. The summed E-state index contributed by atoms with van der Waals surface area (Å²) >= 11 is 0. The summed E-state index contributed by atoms with van der Waals surface area (Å²) in [6.07, 6.45) is 1.30. The molecule has 2 rings (SSSR count). The van der Waals surface area contributed by atoms with Gasteiger partial charge in [0.1, 0.15) is 30.9 Å². The van der Waals surface area contributed by atoms with E-state index >= 15 is 0 Å². The van der Waals surface area contributed by atoms with Crippen LogP contribution >= 0.6 is 0 Å². The summed E-state index contributed by atoms with van der Waals surface area (Å²) in [5, 5.41) is 17.7. The molecule has 1 heterocycles. The summed E-state index contributed by atoms with van der Waals surface area (Å²) in [4.78, 5) is 9.57. The number of hydrogen-bond donors (Lipinski definition) is 1. The first kappa shape index (κ1) is 16.1. The normalized spacial score (nSPS) is 9.74. The number of nitriles is 2. The number of nitrogens with zero attached hydrogens (tertiary/aromatic N) is 5. The second kappa shape index (κ2) is 7.10. The van der Waals surface area contributed by atoms with Crippen LogP contribution in [0.3, 0.4) is 0 Å². The summed E-state index contributed by atoms with van der Waals surface area (Å²) in [7, 11) is 0. The van der Waals surface area contributed by atoms with E-state index in [-0.39, 0.29) is 24.7 Å². The zero-order chi connectivity index (χ0) is 16.8. The van der Waals surface area contributed by atoms with Crippen LogP contribution in [0, 0.1) is 36.5 Å². The SMILES string of the molecule is Cc1cc(C)cc(Oc2ncnc(N(CC#N)CC#N)c2N)c1. The second-order valence-corrected chi connectivity index (χ2v) is 5.01. The van der Waals surface area contributed by atoms with Crippen molar-refractivity contribution in [2.45, 2.75) is 13.8 Å². The number of anilines is 2. The molecule has 116 valence electrons. The molecule has 2 aromatic rings. The molecule has 1 aromatic heterocycles. The van der Waals surface area contributed by atoms with E-state index in [0.717, 1.165) is 11.1 Å². The van der Waals surface area contributed by atoms with Gasteiger partial charge in [-0.25, -0.2) is 4.98 Å². The van der Waals surface area contributed by atoms with Crippen molar-refractivity contribution in [1.29, 1.82) is 10.5 Å². The van der Waals surface area contributed by atoms with E-state index in [2.05, 4.69) is 9.97 Å². The third kappa shape index (κ3) is 3.86. The number of aromatic nitrogens is 2. The Hall–Kier alpha value is -3.32. The first-order valence-corrected chi connectivity index (χ1v) is 6.90. The summed E-state index contributed by atoms with van der Waals surface area (Å²) in [5.74, 6) is 1.12. The van der Waals surface area contributed by atoms with E-state index in [9.17, 15) is 0 Å². The number of nitrogen functional groups attached to an aromatic ring is 1. The van der Waals surface area contributed by atoms with Gasteiger partial charge >= 0.3 is 0 Å². The average Bonchev–Trinajstić information content (AvgIpc) is 2.48. The lowest BCUT2D eigenvalue weighted by atomic mass is 10.1. The zero-order valence-electron chi connectivity index (χ0n) is 12.9. The number of benzene rings is 1. The zero-order valence-corrected chi connectivity index (χ0v) is 12.9. The fourth-order valence-corrected chi connectivity index (χ4v) is 2.18. The highest BCUT2D eigenvalue weighted by molar-refractivity contribution is 5.68. The lowest BCUT2D eigenvalue weighted by Gasteiger charge is -2.19. The molecular weight excluding hydrogens is 292 g/mol. The van der Waals surface area contributed by atoms with Crippen molar-refractivity contribution < 1.29 is 4.74 Å². The van der Waals surface area contributed by atoms with E-state index in [4.69, 9.17) is 21.0 Å². The van der Waals surface area contributed by atoms with Gasteiger partial charge in [0.05, 0.1) is 12.1 Å². The third-order valence-electron chi connectivity index (χ3n) is 3.06. The van der Waals surface area contributed by atoms with E-state index in [1.807, 2.05) is 44.2 Å². The lowest BCUT2D eigenvalue weighted by molar-refractivity contribution is 0.463. The van der Waals surface area contributed by atoms with Crippen LogP contribution in [0.25, 0.3) is 0 Å². The molecule has 0 bridgehead atoms. The van der Waals surface area contributed by atoms with Gasteiger partial charge in [-0.15, -0.1) is 0 Å². The molecule has 0 saturated heterocycles. The summed E-state index contributed by atoms with van der Waals surface area (Å²) < 4.78 is 5.75. The number of nitrogens with two attached hydrogens (primary N) is 1. The molecule has 0 aliphatic carbocycles. The van der Waals surface area contributed by atoms with Gasteiger partial charge in [0.25, 0.3) is 0 Å². The average molecular weight is 308 g/mol. The Balaban J connectivity index is 2.36. The molecule has 0 unspecified atom stereocenters.